The Bertz CT molecular complexity index is 759. The van der Waals surface area contributed by atoms with Crippen LogP contribution in [-0.2, 0) is 19.6 Å². The topological polar surface area (TPSA) is 80.8 Å². The van der Waals surface area contributed by atoms with E-state index in [4.69, 9.17) is 11.6 Å². The summed E-state index contributed by atoms with van der Waals surface area (Å²) >= 11 is 5.58. The predicted octanol–water partition coefficient (Wildman–Crippen LogP) is 2.01. The first kappa shape index (κ1) is 17.9. The standard InChI is InChI=1S/C15H18ClNO5S/c1-9-6-7-12(10(2)13(9)14(16)18)23(20,21)17-8-4-5-11(17)15(19)22-3/h6-7,11H,4-5,8H2,1-3H3/t11-/m0/s1. The number of carbonyl (C=O) groups is 2. The van der Waals surface area contributed by atoms with Gasteiger partial charge in [-0.2, -0.15) is 4.31 Å². The highest BCUT2D eigenvalue weighted by molar-refractivity contribution is 7.89. The van der Waals surface area contributed by atoms with Crippen LogP contribution in [0.25, 0.3) is 0 Å². The van der Waals surface area contributed by atoms with Gasteiger partial charge in [0.25, 0.3) is 5.24 Å². The Labute approximate surface area is 140 Å². The number of halogens is 1. The summed E-state index contributed by atoms with van der Waals surface area (Å²) in [6.07, 6.45) is 0.989. The lowest BCUT2D eigenvalue weighted by Gasteiger charge is -2.23. The van der Waals surface area contributed by atoms with Crippen LogP contribution in [0.15, 0.2) is 17.0 Å². The number of benzene rings is 1. The molecule has 1 aromatic rings. The Morgan fingerprint density at radius 3 is 2.52 bits per heavy atom. The second-order valence-electron chi connectivity index (χ2n) is 5.45. The molecule has 0 N–H and O–H groups in total. The van der Waals surface area contributed by atoms with E-state index >= 15 is 0 Å². The predicted molar refractivity (Wildman–Crippen MR) is 85.0 cm³/mol. The summed E-state index contributed by atoms with van der Waals surface area (Å²) < 4.78 is 31.7. The second kappa shape index (κ2) is 6.59. The summed E-state index contributed by atoms with van der Waals surface area (Å²) in [5.41, 5.74) is 1.08. The van der Waals surface area contributed by atoms with Gasteiger partial charge in [-0.15, -0.1) is 0 Å². The smallest absolute Gasteiger partial charge is 0.324 e. The van der Waals surface area contributed by atoms with Crippen LogP contribution >= 0.6 is 11.6 Å². The second-order valence-corrected chi connectivity index (χ2v) is 7.65. The van der Waals surface area contributed by atoms with E-state index in [1.807, 2.05) is 0 Å². The third kappa shape index (κ3) is 3.13. The SMILES string of the molecule is COC(=O)[C@@H]1CCCN1S(=O)(=O)c1ccc(C)c(C(=O)Cl)c1C. The van der Waals surface area contributed by atoms with Crippen molar-refractivity contribution in [3.63, 3.8) is 0 Å². The van der Waals surface area contributed by atoms with Crippen LogP contribution in [0, 0.1) is 13.8 Å². The van der Waals surface area contributed by atoms with Gasteiger partial charge in [0.15, 0.2) is 0 Å². The highest BCUT2D eigenvalue weighted by Gasteiger charge is 2.41. The average molecular weight is 360 g/mol. The van der Waals surface area contributed by atoms with E-state index < -0.39 is 27.3 Å². The summed E-state index contributed by atoms with van der Waals surface area (Å²) in [6.45, 7) is 3.46. The number of rotatable bonds is 4. The molecule has 1 aliphatic rings. The van der Waals surface area contributed by atoms with E-state index in [0.717, 1.165) is 4.31 Å². The molecule has 1 fully saturated rings. The minimum absolute atomic E-state index is 0.0112. The number of nitrogens with zero attached hydrogens (tertiary/aromatic N) is 1. The quantitative estimate of drug-likeness (QED) is 0.606. The molecule has 0 saturated carbocycles. The Hall–Kier alpha value is -1.44. The molecule has 1 atom stereocenters. The number of ether oxygens (including phenoxy) is 1. The minimum atomic E-state index is -3.92. The summed E-state index contributed by atoms with van der Waals surface area (Å²) in [4.78, 5) is 23.4. The number of hydrogen-bond acceptors (Lipinski definition) is 5. The third-order valence-corrected chi connectivity index (χ3v) is 6.33. The Balaban J connectivity index is 2.55. The summed E-state index contributed by atoms with van der Waals surface area (Å²) in [5, 5.41) is -0.706. The largest absolute Gasteiger partial charge is 0.468 e. The molecule has 0 aliphatic carbocycles. The van der Waals surface area contributed by atoms with Gasteiger partial charge in [-0.3, -0.25) is 9.59 Å². The summed E-state index contributed by atoms with van der Waals surface area (Å²) in [5.74, 6) is -0.579. The molecule has 0 spiro atoms. The van der Waals surface area contributed by atoms with Crippen LogP contribution in [0.1, 0.15) is 34.3 Å². The zero-order valence-electron chi connectivity index (χ0n) is 13.1. The first-order chi connectivity index (χ1) is 10.7. The van der Waals surface area contributed by atoms with Crippen molar-refractivity contribution in [1.82, 2.24) is 4.31 Å². The van der Waals surface area contributed by atoms with Gasteiger partial charge in [0.05, 0.1) is 12.0 Å². The van der Waals surface area contributed by atoms with Gasteiger partial charge >= 0.3 is 5.97 Å². The van der Waals surface area contributed by atoms with Gasteiger partial charge in [-0.25, -0.2) is 8.42 Å². The third-order valence-electron chi connectivity index (χ3n) is 4.08. The lowest BCUT2D eigenvalue weighted by atomic mass is 10.0. The van der Waals surface area contributed by atoms with Crippen molar-refractivity contribution in [2.45, 2.75) is 37.6 Å². The molecule has 0 bridgehead atoms. The van der Waals surface area contributed by atoms with E-state index in [9.17, 15) is 18.0 Å². The van der Waals surface area contributed by atoms with Gasteiger partial charge in [0, 0.05) is 12.1 Å². The molecule has 23 heavy (non-hydrogen) atoms. The monoisotopic (exact) mass is 359 g/mol. The van der Waals surface area contributed by atoms with E-state index in [2.05, 4.69) is 4.74 Å². The Kier molecular flexibility index (Phi) is 5.13. The maximum atomic E-state index is 12.9. The molecule has 0 amide bonds. The van der Waals surface area contributed by atoms with E-state index in [0.29, 0.717) is 24.0 Å². The van der Waals surface area contributed by atoms with Crippen LogP contribution in [-0.4, -0.2) is 43.6 Å². The fraction of sp³-hybridized carbons (Fsp3) is 0.467. The van der Waals surface area contributed by atoms with Crippen LogP contribution in [0.4, 0.5) is 0 Å². The van der Waals surface area contributed by atoms with Crippen LogP contribution in [0.3, 0.4) is 0 Å². The molecule has 2 rings (SSSR count). The zero-order chi connectivity index (χ0) is 17.4. The van der Waals surface area contributed by atoms with Crippen molar-refractivity contribution in [3.05, 3.63) is 28.8 Å². The van der Waals surface area contributed by atoms with E-state index in [1.54, 1.807) is 19.9 Å². The molecule has 1 aliphatic heterocycles. The molecule has 0 radical (unpaired) electrons. The van der Waals surface area contributed by atoms with Gasteiger partial charge in [0.2, 0.25) is 10.0 Å². The van der Waals surface area contributed by atoms with Gasteiger partial charge in [-0.05, 0) is 55.5 Å². The average Bonchev–Trinajstić information content (AvgIpc) is 2.96. The van der Waals surface area contributed by atoms with Crippen molar-refractivity contribution in [1.29, 1.82) is 0 Å². The molecule has 1 heterocycles. The number of methoxy groups -OCH3 is 1. The van der Waals surface area contributed by atoms with Gasteiger partial charge in [0.1, 0.15) is 6.04 Å². The number of sulfonamides is 1. The van der Waals surface area contributed by atoms with Gasteiger partial charge < -0.3 is 4.74 Å². The van der Waals surface area contributed by atoms with Crippen LogP contribution in [0.2, 0.25) is 0 Å². The van der Waals surface area contributed by atoms with Crippen molar-refractivity contribution < 1.29 is 22.7 Å². The molecule has 6 nitrogen and oxygen atoms in total. The number of hydrogen-bond donors (Lipinski definition) is 0. The van der Waals surface area contributed by atoms with Crippen LogP contribution in [0.5, 0.6) is 0 Å². The van der Waals surface area contributed by atoms with Crippen molar-refractivity contribution in [2.24, 2.45) is 0 Å². The lowest BCUT2D eigenvalue weighted by Crippen LogP contribution is -2.41. The summed E-state index contributed by atoms with van der Waals surface area (Å²) in [6, 6.07) is 2.15. The molecule has 126 valence electrons. The highest BCUT2D eigenvalue weighted by Crippen LogP contribution is 2.31. The first-order valence-corrected chi connectivity index (χ1v) is 8.93. The molecule has 8 heteroatoms. The Morgan fingerprint density at radius 2 is 1.96 bits per heavy atom. The molecule has 1 saturated heterocycles. The minimum Gasteiger partial charge on any atom is -0.468 e. The lowest BCUT2D eigenvalue weighted by molar-refractivity contribution is -0.144. The Morgan fingerprint density at radius 1 is 1.30 bits per heavy atom. The first-order valence-electron chi connectivity index (χ1n) is 7.11. The van der Waals surface area contributed by atoms with Gasteiger partial charge in [-0.1, -0.05) is 6.07 Å². The molecule has 1 aromatic carbocycles. The van der Waals surface area contributed by atoms with Crippen LogP contribution < -0.4 is 0 Å². The maximum absolute atomic E-state index is 12.9. The molecular weight excluding hydrogens is 342 g/mol. The maximum Gasteiger partial charge on any atom is 0.324 e. The molecule has 0 unspecified atom stereocenters. The van der Waals surface area contributed by atoms with E-state index in [-0.39, 0.29) is 17.0 Å². The molecular formula is C15H18ClNO5S. The number of esters is 1. The zero-order valence-corrected chi connectivity index (χ0v) is 14.7. The fourth-order valence-electron chi connectivity index (χ4n) is 2.94. The number of aryl methyl sites for hydroxylation is 1. The van der Waals surface area contributed by atoms with Crippen molar-refractivity contribution in [3.8, 4) is 0 Å². The van der Waals surface area contributed by atoms with Crippen molar-refractivity contribution >= 4 is 32.8 Å². The fourth-order valence-corrected chi connectivity index (χ4v) is 5.10. The van der Waals surface area contributed by atoms with Crippen molar-refractivity contribution in [2.75, 3.05) is 13.7 Å². The summed E-state index contributed by atoms with van der Waals surface area (Å²) in [7, 11) is -2.70. The van der Waals surface area contributed by atoms with E-state index in [1.165, 1.54) is 13.2 Å². The number of carbonyl (C=O) groups excluding carboxylic acids is 2. The molecule has 0 aromatic heterocycles. The normalized spacial score (nSPS) is 18.9. The highest BCUT2D eigenvalue weighted by atomic mass is 35.5.